The average molecular weight is 227 g/mol. The lowest BCUT2D eigenvalue weighted by Gasteiger charge is -2.03. The molecule has 0 amide bonds. The van der Waals surface area contributed by atoms with Gasteiger partial charge in [-0.05, 0) is 44.3 Å². The number of unbranched alkanes of at least 4 members (excludes halogenated alkanes) is 2. The summed E-state index contributed by atoms with van der Waals surface area (Å²) in [5.74, 6) is 0. The highest BCUT2D eigenvalue weighted by Crippen LogP contribution is 2.08. The van der Waals surface area contributed by atoms with Crippen molar-refractivity contribution >= 4 is 11.3 Å². The Kier molecular flexibility index (Phi) is 7.52. The Bertz CT molecular complexity index is 224. The van der Waals surface area contributed by atoms with Crippen LogP contribution in [-0.4, -0.2) is 26.8 Å². The third kappa shape index (κ3) is 6.66. The van der Waals surface area contributed by atoms with Crippen LogP contribution in [0.1, 0.15) is 24.1 Å². The smallest absolute Gasteiger partial charge is 0.0514 e. The average Bonchev–Trinajstić information content (AvgIpc) is 2.75. The Hall–Kier alpha value is -0.380. The predicted molar refractivity (Wildman–Crippen MR) is 66.6 cm³/mol. The molecule has 86 valence electrons. The van der Waals surface area contributed by atoms with Gasteiger partial charge in [0.2, 0.25) is 0 Å². The van der Waals surface area contributed by atoms with Crippen molar-refractivity contribution in [1.29, 1.82) is 0 Å². The molecule has 0 radical (unpaired) electrons. The monoisotopic (exact) mass is 227 g/mol. The zero-order valence-electron chi connectivity index (χ0n) is 9.50. The molecule has 0 aliphatic rings. The minimum atomic E-state index is 0.868. The van der Waals surface area contributed by atoms with Gasteiger partial charge >= 0.3 is 0 Å². The van der Waals surface area contributed by atoms with Crippen molar-refractivity contribution in [2.24, 2.45) is 0 Å². The van der Waals surface area contributed by atoms with Gasteiger partial charge in [0, 0.05) is 17.9 Å². The molecule has 0 spiro atoms. The lowest BCUT2D eigenvalue weighted by molar-refractivity contribution is 0.133. The second-order valence-electron chi connectivity index (χ2n) is 3.61. The van der Waals surface area contributed by atoms with Crippen molar-refractivity contribution in [3.05, 3.63) is 22.4 Å². The molecular formula is C12H21NOS. The van der Waals surface area contributed by atoms with E-state index in [2.05, 4.69) is 22.8 Å². The summed E-state index contributed by atoms with van der Waals surface area (Å²) < 4.78 is 5.57. The predicted octanol–water partition coefficient (Wildman–Crippen LogP) is 2.70. The van der Waals surface area contributed by atoms with Crippen LogP contribution >= 0.6 is 11.3 Å². The zero-order chi connectivity index (χ0) is 10.8. The number of ether oxygens (including phenoxy) is 1. The molecule has 0 bridgehead atoms. The SMILES string of the molecule is CNCCCCCOCCc1cccs1. The van der Waals surface area contributed by atoms with Crippen LogP contribution < -0.4 is 5.32 Å². The maximum absolute atomic E-state index is 5.57. The van der Waals surface area contributed by atoms with E-state index in [4.69, 9.17) is 4.74 Å². The van der Waals surface area contributed by atoms with Crippen molar-refractivity contribution in [3.8, 4) is 0 Å². The molecule has 0 unspecified atom stereocenters. The van der Waals surface area contributed by atoms with Crippen LogP contribution in [-0.2, 0) is 11.2 Å². The molecular weight excluding hydrogens is 206 g/mol. The summed E-state index contributed by atoms with van der Waals surface area (Å²) in [4.78, 5) is 1.42. The number of rotatable bonds is 9. The van der Waals surface area contributed by atoms with Crippen LogP contribution in [0.5, 0.6) is 0 Å². The summed E-state index contributed by atoms with van der Waals surface area (Å²) in [6, 6.07) is 4.26. The number of hydrogen-bond donors (Lipinski definition) is 1. The summed E-state index contributed by atoms with van der Waals surface area (Å²) in [7, 11) is 2.00. The van der Waals surface area contributed by atoms with Gasteiger partial charge in [0.1, 0.15) is 0 Å². The van der Waals surface area contributed by atoms with Gasteiger partial charge < -0.3 is 10.1 Å². The molecule has 2 nitrogen and oxygen atoms in total. The van der Waals surface area contributed by atoms with Crippen LogP contribution in [0.25, 0.3) is 0 Å². The Morgan fingerprint density at radius 2 is 2.20 bits per heavy atom. The van der Waals surface area contributed by atoms with E-state index in [1.165, 1.54) is 24.1 Å². The molecule has 0 saturated carbocycles. The van der Waals surface area contributed by atoms with E-state index in [-0.39, 0.29) is 0 Å². The molecule has 0 aromatic carbocycles. The summed E-state index contributed by atoms with van der Waals surface area (Å²) >= 11 is 1.81. The fraction of sp³-hybridized carbons (Fsp3) is 0.667. The largest absolute Gasteiger partial charge is 0.381 e. The molecule has 1 rings (SSSR count). The van der Waals surface area contributed by atoms with E-state index in [1.54, 1.807) is 0 Å². The Morgan fingerprint density at radius 3 is 2.93 bits per heavy atom. The summed E-state index contributed by atoms with van der Waals surface area (Å²) in [5, 5.41) is 5.27. The zero-order valence-corrected chi connectivity index (χ0v) is 10.3. The summed E-state index contributed by atoms with van der Waals surface area (Å²) in [5.41, 5.74) is 0. The van der Waals surface area contributed by atoms with E-state index in [0.717, 1.165) is 26.2 Å². The van der Waals surface area contributed by atoms with Crippen LogP contribution in [0.15, 0.2) is 17.5 Å². The first-order valence-corrected chi connectivity index (χ1v) is 6.56. The Morgan fingerprint density at radius 1 is 1.27 bits per heavy atom. The first-order chi connectivity index (χ1) is 7.43. The van der Waals surface area contributed by atoms with Crippen LogP contribution in [0.3, 0.4) is 0 Å². The van der Waals surface area contributed by atoms with Gasteiger partial charge in [-0.2, -0.15) is 0 Å². The maximum Gasteiger partial charge on any atom is 0.0514 e. The van der Waals surface area contributed by atoms with Crippen LogP contribution in [0.2, 0.25) is 0 Å². The van der Waals surface area contributed by atoms with Crippen molar-refractivity contribution in [3.63, 3.8) is 0 Å². The van der Waals surface area contributed by atoms with Crippen molar-refractivity contribution in [2.75, 3.05) is 26.8 Å². The Labute approximate surface area is 96.7 Å². The normalized spacial score (nSPS) is 10.7. The number of nitrogens with one attached hydrogen (secondary N) is 1. The van der Waals surface area contributed by atoms with E-state index < -0.39 is 0 Å². The van der Waals surface area contributed by atoms with E-state index in [0.29, 0.717) is 0 Å². The molecule has 0 aliphatic carbocycles. The minimum absolute atomic E-state index is 0.868. The van der Waals surface area contributed by atoms with E-state index >= 15 is 0 Å². The van der Waals surface area contributed by atoms with Crippen molar-refractivity contribution in [1.82, 2.24) is 5.32 Å². The lowest BCUT2D eigenvalue weighted by Crippen LogP contribution is -2.07. The van der Waals surface area contributed by atoms with Gasteiger partial charge in [-0.3, -0.25) is 0 Å². The molecule has 1 heterocycles. The maximum atomic E-state index is 5.57. The molecule has 0 fully saturated rings. The highest BCUT2D eigenvalue weighted by atomic mass is 32.1. The third-order valence-corrected chi connectivity index (χ3v) is 3.22. The van der Waals surface area contributed by atoms with Crippen molar-refractivity contribution in [2.45, 2.75) is 25.7 Å². The van der Waals surface area contributed by atoms with Crippen molar-refractivity contribution < 1.29 is 4.74 Å². The third-order valence-electron chi connectivity index (χ3n) is 2.29. The van der Waals surface area contributed by atoms with Gasteiger partial charge in [0.25, 0.3) is 0 Å². The molecule has 1 aromatic rings. The molecule has 1 N–H and O–H groups in total. The summed E-state index contributed by atoms with van der Waals surface area (Å²) in [6.07, 6.45) is 4.77. The fourth-order valence-corrected chi connectivity index (χ4v) is 2.10. The molecule has 15 heavy (non-hydrogen) atoms. The summed E-state index contributed by atoms with van der Waals surface area (Å²) in [6.45, 7) is 2.90. The first-order valence-electron chi connectivity index (χ1n) is 5.68. The second kappa shape index (κ2) is 8.89. The van der Waals surface area contributed by atoms with E-state index in [9.17, 15) is 0 Å². The second-order valence-corrected chi connectivity index (χ2v) is 4.64. The number of thiophene rings is 1. The molecule has 0 aliphatic heterocycles. The number of hydrogen-bond acceptors (Lipinski definition) is 3. The molecule has 3 heteroatoms. The highest BCUT2D eigenvalue weighted by Gasteiger charge is 1.94. The molecule has 0 saturated heterocycles. The molecule has 0 atom stereocenters. The van der Waals surface area contributed by atoms with Gasteiger partial charge in [-0.25, -0.2) is 0 Å². The molecule has 1 aromatic heterocycles. The van der Waals surface area contributed by atoms with E-state index in [1.807, 2.05) is 18.4 Å². The topological polar surface area (TPSA) is 21.3 Å². The van der Waals surface area contributed by atoms with Crippen LogP contribution in [0, 0.1) is 0 Å². The van der Waals surface area contributed by atoms with Gasteiger partial charge in [0.15, 0.2) is 0 Å². The van der Waals surface area contributed by atoms with Gasteiger partial charge in [-0.15, -0.1) is 11.3 Å². The van der Waals surface area contributed by atoms with Crippen LogP contribution in [0.4, 0.5) is 0 Å². The highest BCUT2D eigenvalue weighted by molar-refractivity contribution is 7.09. The van der Waals surface area contributed by atoms with Gasteiger partial charge in [0.05, 0.1) is 6.61 Å². The Balaban J connectivity index is 1.81. The minimum Gasteiger partial charge on any atom is -0.381 e. The standard InChI is InChI=1S/C12H21NOS/c1-13-8-3-2-4-9-14-10-7-12-6-5-11-15-12/h5-6,11,13H,2-4,7-10H2,1H3. The quantitative estimate of drug-likeness (QED) is 0.655. The first kappa shape index (κ1) is 12.7. The fourth-order valence-electron chi connectivity index (χ4n) is 1.41. The lowest BCUT2D eigenvalue weighted by atomic mass is 10.2. The van der Waals surface area contributed by atoms with Gasteiger partial charge in [-0.1, -0.05) is 6.07 Å².